The lowest BCUT2D eigenvalue weighted by Gasteiger charge is -2.26. The molecule has 0 spiro atoms. The van der Waals surface area contributed by atoms with Crippen LogP contribution in [0.15, 0.2) is 23.0 Å². The van der Waals surface area contributed by atoms with E-state index in [0.717, 1.165) is 39.4 Å². The van der Waals surface area contributed by atoms with Gasteiger partial charge in [-0.1, -0.05) is 0 Å². The van der Waals surface area contributed by atoms with Gasteiger partial charge in [-0.15, -0.1) is 0 Å². The number of benzene rings is 1. The normalized spacial score (nSPS) is 16.2. The Morgan fingerprint density at radius 1 is 1.38 bits per heavy atom. The number of fused-ring (bicyclic) bond motifs is 1. The predicted molar refractivity (Wildman–Crippen MR) is 82.5 cm³/mol. The molecular formula is C14H19N5O2. The van der Waals surface area contributed by atoms with Crippen LogP contribution in [0.3, 0.4) is 0 Å². The topological polar surface area (TPSA) is 96.3 Å². The van der Waals surface area contributed by atoms with Crippen molar-refractivity contribution in [1.82, 2.24) is 14.9 Å². The minimum absolute atomic E-state index is 0.179. The van der Waals surface area contributed by atoms with Gasteiger partial charge in [0.15, 0.2) is 0 Å². The third kappa shape index (κ3) is 3.32. The van der Waals surface area contributed by atoms with Crippen LogP contribution in [0.5, 0.6) is 0 Å². The number of hydrogen-bond acceptors (Lipinski definition) is 6. The lowest BCUT2D eigenvalue weighted by atomic mass is 10.2. The summed E-state index contributed by atoms with van der Waals surface area (Å²) in [4.78, 5) is 21.4. The molecule has 1 aromatic heterocycles. The van der Waals surface area contributed by atoms with E-state index in [1.807, 2.05) is 0 Å². The van der Waals surface area contributed by atoms with E-state index in [-0.39, 0.29) is 5.56 Å². The molecule has 1 aliphatic heterocycles. The van der Waals surface area contributed by atoms with Gasteiger partial charge < -0.3 is 15.8 Å². The third-order valence-corrected chi connectivity index (χ3v) is 3.55. The van der Waals surface area contributed by atoms with Gasteiger partial charge in [-0.3, -0.25) is 14.7 Å². The monoisotopic (exact) mass is 289 g/mol. The van der Waals surface area contributed by atoms with Gasteiger partial charge in [0.05, 0.1) is 24.1 Å². The molecule has 2 heterocycles. The van der Waals surface area contributed by atoms with Crippen molar-refractivity contribution in [2.24, 2.45) is 0 Å². The first-order valence-electron chi connectivity index (χ1n) is 7.06. The van der Waals surface area contributed by atoms with E-state index in [9.17, 15) is 4.79 Å². The number of ether oxygens (including phenoxy) is 1. The fourth-order valence-corrected chi connectivity index (χ4v) is 2.40. The Morgan fingerprint density at radius 3 is 3.00 bits per heavy atom. The van der Waals surface area contributed by atoms with Gasteiger partial charge in [0.2, 0.25) is 5.95 Å². The average molecular weight is 289 g/mol. The number of morpholine rings is 1. The average Bonchev–Trinajstić information content (AvgIpc) is 2.49. The second kappa shape index (κ2) is 6.11. The van der Waals surface area contributed by atoms with Crippen molar-refractivity contribution in [3.05, 3.63) is 28.6 Å². The van der Waals surface area contributed by atoms with E-state index in [1.54, 1.807) is 18.2 Å². The van der Waals surface area contributed by atoms with Gasteiger partial charge in [0.1, 0.15) is 0 Å². The Kier molecular flexibility index (Phi) is 4.03. The highest BCUT2D eigenvalue weighted by Gasteiger charge is 2.10. The summed E-state index contributed by atoms with van der Waals surface area (Å²) in [6.45, 7) is 5.08. The molecule has 21 heavy (non-hydrogen) atoms. The van der Waals surface area contributed by atoms with Crippen molar-refractivity contribution < 1.29 is 4.74 Å². The second-order valence-electron chi connectivity index (χ2n) is 5.07. The first kappa shape index (κ1) is 13.8. The molecular weight excluding hydrogens is 270 g/mol. The molecule has 7 heteroatoms. The fraction of sp³-hybridized carbons (Fsp3) is 0.429. The maximum atomic E-state index is 12.0. The maximum absolute atomic E-state index is 12.0. The number of nitrogens with zero attached hydrogens (tertiary/aromatic N) is 2. The van der Waals surface area contributed by atoms with Crippen LogP contribution in [0, 0.1) is 0 Å². The van der Waals surface area contributed by atoms with Crippen LogP contribution in [0.1, 0.15) is 0 Å². The summed E-state index contributed by atoms with van der Waals surface area (Å²) in [7, 11) is 0. The Hall–Kier alpha value is -2.12. The van der Waals surface area contributed by atoms with Crippen LogP contribution < -0.4 is 16.6 Å². The molecule has 112 valence electrons. The zero-order valence-corrected chi connectivity index (χ0v) is 11.8. The van der Waals surface area contributed by atoms with Gasteiger partial charge in [-0.05, 0) is 18.2 Å². The molecule has 0 aliphatic carbocycles. The summed E-state index contributed by atoms with van der Waals surface area (Å²) in [6, 6.07) is 5.14. The zero-order valence-electron chi connectivity index (χ0n) is 11.8. The first-order valence-corrected chi connectivity index (χ1v) is 7.06. The van der Waals surface area contributed by atoms with Crippen molar-refractivity contribution >= 4 is 22.5 Å². The Bertz CT molecular complexity index is 679. The van der Waals surface area contributed by atoms with E-state index < -0.39 is 0 Å². The van der Waals surface area contributed by atoms with Gasteiger partial charge >= 0.3 is 0 Å². The Morgan fingerprint density at radius 2 is 2.19 bits per heavy atom. The van der Waals surface area contributed by atoms with Crippen molar-refractivity contribution in [2.45, 2.75) is 0 Å². The van der Waals surface area contributed by atoms with Crippen molar-refractivity contribution in [2.75, 3.05) is 50.4 Å². The quantitative estimate of drug-likeness (QED) is 0.698. The molecule has 7 nitrogen and oxygen atoms in total. The number of aromatic nitrogens is 2. The predicted octanol–water partition coefficient (Wildman–Crippen LogP) is 0.249. The summed E-state index contributed by atoms with van der Waals surface area (Å²) in [5.41, 5.74) is 6.70. The number of nitrogens with two attached hydrogens (primary N) is 1. The number of anilines is 2. The summed E-state index contributed by atoms with van der Waals surface area (Å²) < 4.78 is 5.31. The van der Waals surface area contributed by atoms with Gasteiger partial charge in [-0.2, -0.15) is 0 Å². The second-order valence-corrected chi connectivity index (χ2v) is 5.07. The molecule has 1 saturated heterocycles. The molecule has 0 saturated carbocycles. The maximum Gasteiger partial charge on any atom is 0.260 e. The standard InChI is InChI=1S/C14H19N5O2/c15-10-1-2-12-11(9-10)13(20)18-14(17-12)16-3-4-19-5-7-21-8-6-19/h1-2,9H,3-8,15H2,(H2,16,17,18,20). The highest BCUT2D eigenvalue weighted by Crippen LogP contribution is 2.12. The summed E-state index contributed by atoms with van der Waals surface area (Å²) >= 11 is 0. The highest BCUT2D eigenvalue weighted by molar-refractivity contribution is 5.81. The van der Waals surface area contributed by atoms with Crippen LogP contribution in [-0.2, 0) is 4.74 Å². The molecule has 1 aromatic carbocycles. The molecule has 4 N–H and O–H groups in total. The van der Waals surface area contributed by atoms with E-state index in [4.69, 9.17) is 10.5 Å². The first-order chi connectivity index (χ1) is 10.2. The third-order valence-electron chi connectivity index (χ3n) is 3.55. The van der Waals surface area contributed by atoms with E-state index in [1.165, 1.54) is 0 Å². The summed E-state index contributed by atoms with van der Waals surface area (Å²) in [5, 5.41) is 3.67. The van der Waals surface area contributed by atoms with Gasteiger partial charge in [0, 0.05) is 31.9 Å². The number of aromatic amines is 1. The Balaban J connectivity index is 1.67. The molecule has 2 aromatic rings. The van der Waals surface area contributed by atoms with Gasteiger partial charge in [-0.25, -0.2) is 4.98 Å². The van der Waals surface area contributed by atoms with Crippen LogP contribution in [0.2, 0.25) is 0 Å². The van der Waals surface area contributed by atoms with Gasteiger partial charge in [0.25, 0.3) is 5.56 Å². The smallest absolute Gasteiger partial charge is 0.260 e. The largest absolute Gasteiger partial charge is 0.399 e. The van der Waals surface area contributed by atoms with Crippen LogP contribution in [0.25, 0.3) is 10.9 Å². The molecule has 1 fully saturated rings. The van der Waals surface area contributed by atoms with Crippen LogP contribution in [0.4, 0.5) is 11.6 Å². The molecule has 1 aliphatic rings. The van der Waals surface area contributed by atoms with E-state index >= 15 is 0 Å². The number of nitrogen functional groups attached to an aromatic ring is 1. The molecule has 0 unspecified atom stereocenters. The number of H-pyrrole nitrogens is 1. The number of rotatable bonds is 4. The zero-order chi connectivity index (χ0) is 14.7. The highest BCUT2D eigenvalue weighted by atomic mass is 16.5. The van der Waals surface area contributed by atoms with Crippen molar-refractivity contribution in [3.8, 4) is 0 Å². The molecule has 3 rings (SSSR count). The SMILES string of the molecule is Nc1ccc2nc(NCCN3CCOCC3)[nH]c(=O)c2c1. The number of nitrogens with one attached hydrogen (secondary N) is 2. The van der Waals surface area contributed by atoms with Crippen molar-refractivity contribution in [3.63, 3.8) is 0 Å². The van der Waals surface area contributed by atoms with E-state index in [2.05, 4.69) is 20.2 Å². The van der Waals surface area contributed by atoms with E-state index in [0.29, 0.717) is 22.5 Å². The van der Waals surface area contributed by atoms with Crippen LogP contribution >= 0.6 is 0 Å². The van der Waals surface area contributed by atoms with Crippen LogP contribution in [-0.4, -0.2) is 54.3 Å². The fourth-order valence-electron chi connectivity index (χ4n) is 2.40. The minimum Gasteiger partial charge on any atom is -0.399 e. The molecule has 0 radical (unpaired) electrons. The molecule has 0 atom stereocenters. The lowest BCUT2D eigenvalue weighted by Crippen LogP contribution is -2.39. The summed E-state index contributed by atoms with van der Waals surface area (Å²) in [5.74, 6) is 0.491. The Labute approximate surface area is 122 Å². The molecule has 0 amide bonds. The minimum atomic E-state index is -0.179. The molecule has 0 bridgehead atoms. The van der Waals surface area contributed by atoms with Crippen molar-refractivity contribution in [1.29, 1.82) is 0 Å². The summed E-state index contributed by atoms with van der Waals surface area (Å²) in [6.07, 6.45) is 0. The lowest BCUT2D eigenvalue weighted by molar-refractivity contribution is 0.0398. The number of hydrogen-bond donors (Lipinski definition) is 3.